The fourth-order valence-corrected chi connectivity index (χ4v) is 2.63. The second-order valence-electron chi connectivity index (χ2n) is 4.90. The highest BCUT2D eigenvalue weighted by molar-refractivity contribution is 9.10. The van der Waals surface area contributed by atoms with Gasteiger partial charge in [0.25, 0.3) is 0 Å². The van der Waals surface area contributed by atoms with Crippen LogP contribution < -0.4 is 4.74 Å². The summed E-state index contributed by atoms with van der Waals surface area (Å²) in [5.41, 5.74) is 0. The summed E-state index contributed by atoms with van der Waals surface area (Å²) in [7, 11) is 0. The van der Waals surface area contributed by atoms with Crippen LogP contribution in [0.1, 0.15) is 12.8 Å². The summed E-state index contributed by atoms with van der Waals surface area (Å²) in [6, 6.07) is 7.77. The maximum atomic E-state index is 10.7. The second-order valence-corrected chi connectivity index (χ2v) is 5.82. The molecule has 1 aromatic rings. The third kappa shape index (κ3) is 4.84. The highest BCUT2D eigenvalue weighted by Gasteiger charge is 2.21. The summed E-state index contributed by atoms with van der Waals surface area (Å²) in [6.07, 6.45) is 2.15. The van der Waals surface area contributed by atoms with Crippen LogP contribution >= 0.6 is 15.9 Å². The number of halogens is 1. The molecule has 0 bridgehead atoms. The van der Waals surface area contributed by atoms with Gasteiger partial charge in [0.15, 0.2) is 0 Å². The summed E-state index contributed by atoms with van der Waals surface area (Å²) >= 11 is 3.39. The molecule has 0 aromatic heterocycles. The molecule has 1 saturated heterocycles. The molecule has 0 saturated carbocycles. The Balaban J connectivity index is 1.79. The summed E-state index contributed by atoms with van der Waals surface area (Å²) < 4.78 is 6.79. The Morgan fingerprint density at radius 3 is 2.84 bits per heavy atom. The van der Waals surface area contributed by atoms with E-state index in [1.165, 1.54) is 0 Å². The molecule has 1 aromatic carbocycles. The summed E-state index contributed by atoms with van der Waals surface area (Å²) in [4.78, 5) is 12.7. The van der Waals surface area contributed by atoms with Crippen molar-refractivity contribution in [2.45, 2.75) is 12.8 Å². The van der Waals surface area contributed by atoms with E-state index < -0.39 is 5.97 Å². The van der Waals surface area contributed by atoms with Crippen molar-refractivity contribution in [3.05, 3.63) is 28.7 Å². The largest absolute Gasteiger partial charge is 0.493 e. The number of piperidine rings is 1. The zero-order valence-electron chi connectivity index (χ0n) is 10.7. The lowest BCUT2D eigenvalue weighted by Gasteiger charge is -2.31. The molecule has 104 valence electrons. The predicted octanol–water partition coefficient (Wildman–Crippen LogP) is 2.62. The number of nitrogens with zero attached hydrogens (tertiary/aromatic N) is 1. The van der Waals surface area contributed by atoms with Gasteiger partial charge in [-0.3, -0.25) is 9.69 Å². The normalized spacial score (nSPS) is 20.2. The van der Waals surface area contributed by atoms with Crippen LogP contribution in [0.2, 0.25) is 0 Å². The number of ether oxygens (including phenoxy) is 1. The van der Waals surface area contributed by atoms with Gasteiger partial charge in [0.1, 0.15) is 5.75 Å². The lowest BCUT2D eigenvalue weighted by Crippen LogP contribution is -2.40. The second kappa shape index (κ2) is 6.91. The molecular formula is C14H18BrNO3. The van der Waals surface area contributed by atoms with E-state index in [2.05, 4.69) is 15.9 Å². The molecule has 1 N–H and O–H groups in total. The van der Waals surface area contributed by atoms with Gasteiger partial charge in [-0.2, -0.15) is 0 Å². The molecule has 1 atom stereocenters. The number of rotatable bonds is 5. The van der Waals surface area contributed by atoms with Gasteiger partial charge in [-0.05, 0) is 43.7 Å². The Morgan fingerprint density at radius 1 is 1.42 bits per heavy atom. The first-order valence-corrected chi connectivity index (χ1v) is 7.25. The van der Waals surface area contributed by atoms with Crippen molar-refractivity contribution >= 4 is 21.9 Å². The number of carboxylic acid groups (broad SMARTS) is 1. The number of hydrogen-bond acceptors (Lipinski definition) is 3. The van der Waals surface area contributed by atoms with Crippen molar-refractivity contribution in [3.63, 3.8) is 0 Å². The Kier molecular flexibility index (Phi) is 5.22. The third-order valence-corrected chi connectivity index (χ3v) is 3.79. The van der Waals surface area contributed by atoms with Crippen molar-refractivity contribution < 1.29 is 14.6 Å². The molecule has 2 rings (SSSR count). The summed E-state index contributed by atoms with van der Waals surface area (Å²) in [5.74, 6) is 0.518. The van der Waals surface area contributed by atoms with Crippen LogP contribution in [0.5, 0.6) is 5.75 Å². The van der Waals surface area contributed by atoms with Gasteiger partial charge in [0.2, 0.25) is 0 Å². The fraction of sp³-hybridized carbons (Fsp3) is 0.500. The van der Waals surface area contributed by atoms with Crippen molar-refractivity contribution in [1.82, 2.24) is 4.90 Å². The predicted molar refractivity (Wildman–Crippen MR) is 76.4 cm³/mol. The van der Waals surface area contributed by atoms with E-state index in [4.69, 9.17) is 9.84 Å². The van der Waals surface area contributed by atoms with E-state index in [-0.39, 0.29) is 6.54 Å². The first kappa shape index (κ1) is 14.3. The molecule has 0 amide bonds. The van der Waals surface area contributed by atoms with Gasteiger partial charge >= 0.3 is 5.97 Å². The Hall–Kier alpha value is -1.07. The van der Waals surface area contributed by atoms with Gasteiger partial charge in [-0.25, -0.2) is 0 Å². The van der Waals surface area contributed by atoms with Crippen LogP contribution in [0, 0.1) is 5.92 Å². The van der Waals surface area contributed by atoms with Crippen LogP contribution in [0.15, 0.2) is 28.7 Å². The minimum Gasteiger partial charge on any atom is -0.493 e. The molecule has 5 heteroatoms. The maximum absolute atomic E-state index is 10.7. The topological polar surface area (TPSA) is 49.8 Å². The van der Waals surface area contributed by atoms with Crippen molar-refractivity contribution in [2.24, 2.45) is 5.92 Å². The number of benzene rings is 1. The lowest BCUT2D eigenvalue weighted by molar-refractivity contribution is -0.138. The first-order valence-electron chi connectivity index (χ1n) is 6.46. The van der Waals surface area contributed by atoms with Crippen LogP contribution in [-0.2, 0) is 4.79 Å². The Labute approximate surface area is 121 Å². The van der Waals surface area contributed by atoms with Crippen LogP contribution in [0.25, 0.3) is 0 Å². The van der Waals surface area contributed by atoms with E-state index in [1.54, 1.807) is 0 Å². The van der Waals surface area contributed by atoms with Gasteiger partial charge < -0.3 is 9.84 Å². The van der Waals surface area contributed by atoms with Gasteiger partial charge in [0, 0.05) is 16.9 Å². The average Bonchev–Trinajstić information content (AvgIpc) is 2.38. The van der Waals surface area contributed by atoms with Gasteiger partial charge in [-0.1, -0.05) is 15.9 Å². The highest BCUT2D eigenvalue weighted by Crippen LogP contribution is 2.20. The number of likely N-dealkylation sites (tertiary alicyclic amines) is 1. The van der Waals surface area contributed by atoms with E-state index in [0.29, 0.717) is 12.5 Å². The summed E-state index contributed by atoms with van der Waals surface area (Å²) in [5, 5.41) is 8.81. The molecule has 0 unspecified atom stereocenters. The molecule has 0 aliphatic carbocycles. The first-order chi connectivity index (χ1) is 9.13. The van der Waals surface area contributed by atoms with Gasteiger partial charge in [-0.15, -0.1) is 0 Å². The lowest BCUT2D eigenvalue weighted by atomic mass is 9.99. The molecule has 1 fully saturated rings. The van der Waals surface area contributed by atoms with Crippen LogP contribution in [-0.4, -0.2) is 42.2 Å². The Bertz CT molecular complexity index is 421. The van der Waals surface area contributed by atoms with E-state index >= 15 is 0 Å². The SMILES string of the molecule is O=C(O)CN1CCC[C@@H](COc2ccc(Br)cc2)C1. The molecule has 19 heavy (non-hydrogen) atoms. The fourth-order valence-electron chi connectivity index (χ4n) is 2.37. The quantitative estimate of drug-likeness (QED) is 0.903. The number of carbonyl (C=O) groups is 1. The molecule has 1 aliphatic heterocycles. The monoisotopic (exact) mass is 327 g/mol. The molecular weight excluding hydrogens is 310 g/mol. The molecule has 0 spiro atoms. The highest BCUT2D eigenvalue weighted by atomic mass is 79.9. The number of aliphatic carboxylic acids is 1. The van der Waals surface area contributed by atoms with Crippen molar-refractivity contribution in [2.75, 3.05) is 26.2 Å². The zero-order chi connectivity index (χ0) is 13.7. The van der Waals surface area contributed by atoms with E-state index in [1.807, 2.05) is 29.2 Å². The standard InChI is InChI=1S/C14H18BrNO3/c15-12-3-5-13(6-4-12)19-10-11-2-1-7-16(8-11)9-14(17)18/h3-6,11H,1-2,7-10H2,(H,17,18)/t11-/m1/s1. The minimum atomic E-state index is -0.755. The number of hydrogen-bond donors (Lipinski definition) is 1. The van der Waals surface area contributed by atoms with E-state index in [9.17, 15) is 4.79 Å². The van der Waals surface area contributed by atoms with Crippen molar-refractivity contribution in [3.8, 4) is 5.75 Å². The zero-order valence-corrected chi connectivity index (χ0v) is 12.3. The third-order valence-electron chi connectivity index (χ3n) is 3.26. The molecule has 0 radical (unpaired) electrons. The van der Waals surface area contributed by atoms with E-state index in [0.717, 1.165) is 36.2 Å². The molecule has 1 aliphatic rings. The summed E-state index contributed by atoms with van der Waals surface area (Å²) in [6.45, 7) is 2.47. The van der Waals surface area contributed by atoms with Crippen molar-refractivity contribution in [1.29, 1.82) is 0 Å². The Morgan fingerprint density at radius 2 is 2.16 bits per heavy atom. The van der Waals surface area contributed by atoms with Gasteiger partial charge in [0.05, 0.1) is 13.2 Å². The number of carboxylic acids is 1. The minimum absolute atomic E-state index is 0.134. The van der Waals surface area contributed by atoms with Crippen LogP contribution in [0.3, 0.4) is 0 Å². The maximum Gasteiger partial charge on any atom is 0.317 e. The van der Waals surface area contributed by atoms with Crippen LogP contribution in [0.4, 0.5) is 0 Å². The molecule has 1 heterocycles. The molecule has 4 nitrogen and oxygen atoms in total. The smallest absolute Gasteiger partial charge is 0.317 e. The average molecular weight is 328 g/mol.